The molecule has 148 valence electrons. The predicted molar refractivity (Wildman–Crippen MR) is 103 cm³/mol. The van der Waals surface area contributed by atoms with E-state index in [2.05, 4.69) is 11.4 Å². The van der Waals surface area contributed by atoms with Gasteiger partial charge in [0.1, 0.15) is 5.54 Å². The van der Waals surface area contributed by atoms with Crippen LogP contribution in [0.2, 0.25) is 0 Å². The summed E-state index contributed by atoms with van der Waals surface area (Å²) in [5.74, 6) is -0.948. The summed E-state index contributed by atoms with van der Waals surface area (Å²) in [5.41, 5.74) is 1.58. The standard InChI is InChI=1S/C22H27N3O3/c23-14-22(9-10-22)24-20(27)18-7-3-4-8-19(18)21(28)25-12-16-6-2-1-5-15(16)11-17(25)13-26/h1-2,5-6,17-19,26H,3-4,7-13H2,(H,24,27)/t17-,18?,19?/m0/s1. The second-order valence-corrected chi connectivity index (χ2v) is 8.46. The van der Waals surface area contributed by atoms with Gasteiger partial charge in [0.15, 0.2) is 0 Å². The molecule has 3 atom stereocenters. The van der Waals surface area contributed by atoms with Crippen LogP contribution >= 0.6 is 0 Å². The van der Waals surface area contributed by atoms with E-state index in [1.807, 2.05) is 24.3 Å². The van der Waals surface area contributed by atoms with Gasteiger partial charge in [-0.15, -0.1) is 0 Å². The molecule has 1 aromatic rings. The molecule has 0 aromatic heterocycles. The van der Waals surface area contributed by atoms with E-state index >= 15 is 0 Å². The highest BCUT2D eigenvalue weighted by Gasteiger charge is 2.48. The Labute approximate surface area is 165 Å². The number of fused-ring (bicyclic) bond motifs is 1. The number of benzene rings is 1. The van der Waals surface area contributed by atoms with Crippen molar-refractivity contribution >= 4 is 11.8 Å². The second-order valence-electron chi connectivity index (χ2n) is 8.46. The van der Waals surface area contributed by atoms with Crippen molar-refractivity contribution in [2.45, 2.75) is 63.1 Å². The maximum atomic E-state index is 13.5. The average molecular weight is 381 g/mol. The highest BCUT2D eigenvalue weighted by molar-refractivity contribution is 5.89. The summed E-state index contributed by atoms with van der Waals surface area (Å²) in [5, 5.41) is 22.1. The molecule has 0 saturated heterocycles. The molecule has 0 spiro atoms. The Balaban J connectivity index is 1.53. The molecule has 4 rings (SSSR count). The highest BCUT2D eigenvalue weighted by Crippen LogP contribution is 2.38. The van der Waals surface area contributed by atoms with Crippen molar-refractivity contribution in [1.82, 2.24) is 10.2 Å². The molecular weight excluding hydrogens is 354 g/mol. The molecule has 3 aliphatic rings. The zero-order valence-corrected chi connectivity index (χ0v) is 16.1. The number of nitrogens with zero attached hydrogens (tertiary/aromatic N) is 2. The van der Waals surface area contributed by atoms with E-state index in [1.54, 1.807) is 4.90 Å². The molecule has 6 heteroatoms. The van der Waals surface area contributed by atoms with Crippen LogP contribution in [0.1, 0.15) is 49.7 Å². The summed E-state index contributed by atoms with van der Waals surface area (Å²) in [6.45, 7) is 0.397. The molecule has 0 radical (unpaired) electrons. The molecule has 1 aromatic carbocycles. The van der Waals surface area contributed by atoms with Crippen molar-refractivity contribution in [3.05, 3.63) is 35.4 Å². The number of hydrogen-bond donors (Lipinski definition) is 2. The van der Waals surface area contributed by atoms with E-state index in [-0.39, 0.29) is 36.3 Å². The SMILES string of the molecule is N#CC1(NC(=O)C2CCCCC2C(=O)N2Cc3ccccc3C[C@H]2CO)CC1. The van der Waals surface area contributed by atoms with E-state index in [0.717, 1.165) is 18.4 Å². The Hall–Kier alpha value is -2.39. The summed E-state index contributed by atoms with van der Waals surface area (Å²) in [4.78, 5) is 28.1. The molecule has 2 saturated carbocycles. The molecule has 2 amide bonds. The van der Waals surface area contributed by atoms with Crippen LogP contribution in [0, 0.1) is 23.2 Å². The summed E-state index contributed by atoms with van der Waals surface area (Å²) < 4.78 is 0. The Kier molecular flexibility index (Phi) is 5.11. The van der Waals surface area contributed by atoms with Crippen molar-refractivity contribution in [2.24, 2.45) is 11.8 Å². The smallest absolute Gasteiger partial charge is 0.227 e. The Morgan fingerprint density at radius 2 is 1.86 bits per heavy atom. The van der Waals surface area contributed by atoms with Gasteiger partial charge in [0.05, 0.1) is 18.7 Å². The zero-order chi connectivity index (χ0) is 19.7. The molecule has 1 aliphatic heterocycles. The molecule has 2 unspecified atom stereocenters. The summed E-state index contributed by atoms with van der Waals surface area (Å²) >= 11 is 0. The molecule has 2 fully saturated rings. The first-order valence-electron chi connectivity index (χ1n) is 10.3. The van der Waals surface area contributed by atoms with Gasteiger partial charge >= 0.3 is 0 Å². The quantitative estimate of drug-likeness (QED) is 0.833. The van der Waals surface area contributed by atoms with Gasteiger partial charge in [0.2, 0.25) is 11.8 Å². The maximum absolute atomic E-state index is 13.5. The number of rotatable bonds is 4. The zero-order valence-electron chi connectivity index (χ0n) is 16.1. The number of amides is 2. The fourth-order valence-electron chi connectivity index (χ4n) is 4.68. The maximum Gasteiger partial charge on any atom is 0.227 e. The number of carbonyl (C=O) groups excluding carboxylic acids is 2. The van der Waals surface area contributed by atoms with Gasteiger partial charge in [0, 0.05) is 18.4 Å². The first-order valence-corrected chi connectivity index (χ1v) is 10.3. The van der Waals surface area contributed by atoms with Crippen LogP contribution in [0.15, 0.2) is 24.3 Å². The van der Waals surface area contributed by atoms with Crippen LogP contribution in [0.4, 0.5) is 0 Å². The average Bonchev–Trinajstić information content (AvgIpc) is 3.52. The molecule has 0 bridgehead atoms. The predicted octanol–water partition coefficient (Wildman–Crippen LogP) is 1.91. The third-order valence-corrected chi connectivity index (χ3v) is 6.60. The van der Waals surface area contributed by atoms with Crippen LogP contribution in [-0.2, 0) is 22.6 Å². The topological polar surface area (TPSA) is 93.4 Å². The largest absolute Gasteiger partial charge is 0.394 e. The lowest BCUT2D eigenvalue weighted by Crippen LogP contribution is -2.52. The Bertz CT molecular complexity index is 811. The van der Waals surface area contributed by atoms with Crippen LogP contribution < -0.4 is 5.32 Å². The fourth-order valence-corrected chi connectivity index (χ4v) is 4.68. The van der Waals surface area contributed by atoms with Crippen molar-refractivity contribution in [3.63, 3.8) is 0 Å². The van der Waals surface area contributed by atoms with Crippen molar-refractivity contribution in [3.8, 4) is 6.07 Å². The number of aliphatic hydroxyl groups excluding tert-OH is 1. The second kappa shape index (κ2) is 7.56. The molecule has 28 heavy (non-hydrogen) atoms. The van der Waals surface area contributed by atoms with Crippen molar-refractivity contribution < 1.29 is 14.7 Å². The van der Waals surface area contributed by atoms with Crippen molar-refractivity contribution in [2.75, 3.05) is 6.61 Å². The Morgan fingerprint density at radius 1 is 1.18 bits per heavy atom. The van der Waals surface area contributed by atoms with Gasteiger partial charge < -0.3 is 15.3 Å². The van der Waals surface area contributed by atoms with Gasteiger partial charge in [0.25, 0.3) is 0 Å². The van der Waals surface area contributed by atoms with E-state index in [9.17, 15) is 20.0 Å². The number of nitrogens with one attached hydrogen (secondary N) is 1. The molecule has 2 N–H and O–H groups in total. The molecular formula is C22H27N3O3. The van der Waals surface area contributed by atoms with Gasteiger partial charge in [-0.1, -0.05) is 37.1 Å². The first kappa shape index (κ1) is 18.9. The first-order chi connectivity index (χ1) is 13.6. The number of nitriles is 1. The third-order valence-electron chi connectivity index (χ3n) is 6.60. The summed E-state index contributed by atoms with van der Waals surface area (Å²) in [7, 11) is 0. The molecule has 6 nitrogen and oxygen atoms in total. The van der Waals surface area contributed by atoms with Crippen LogP contribution in [0.25, 0.3) is 0 Å². The summed E-state index contributed by atoms with van der Waals surface area (Å²) in [6.07, 6.45) is 5.24. The van der Waals surface area contributed by atoms with Crippen LogP contribution in [0.5, 0.6) is 0 Å². The number of aliphatic hydroxyl groups is 1. The number of hydrogen-bond acceptors (Lipinski definition) is 4. The number of carbonyl (C=O) groups is 2. The minimum atomic E-state index is -0.709. The highest BCUT2D eigenvalue weighted by atomic mass is 16.3. The summed E-state index contributed by atoms with van der Waals surface area (Å²) in [6, 6.07) is 9.97. The van der Waals surface area contributed by atoms with E-state index in [1.165, 1.54) is 5.56 Å². The van der Waals surface area contributed by atoms with Crippen molar-refractivity contribution in [1.29, 1.82) is 5.26 Å². The Morgan fingerprint density at radius 3 is 2.50 bits per heavy atom. The van der Waals surface area contributed by atoms with E-state index < -0.39 is 5.54 Å². The fraction of sp³-hybridized carbons (Fsp3) is 0.591. The normalized spacial score (nSPS) is 28.0. The van der Waals surface area contributed by atoms with Crippen LogP contribution in [-0.4, -0.2) is 40.0 Å². The lowest BCUT2D eigenvalue weighted by atomic mass is 9.77. The third kappa shape index (κ3) is 3.51. The van der Waals surface area contributed by atoms with Gasteiger partial charge in [-0.25, -0.2) is 0 Å². The monoisotopic (exact) mass is 381 g/mol. The molecule has 1 heterocycles. The lowest BCUT2D eigenvalue weighted by molar-refractivity contribution is -0.147. The minimum absolute atomic E-state index is 0.0322. The van der Waals surface area contributed by atoms with E-state index in [0.29, 0.717) is 38.6 Å². The van der Waals surface area contributed by atoms with Gasteiger partial charge in [-0.2, -0.15) is 5.26 Å². The van der Waals surface area contributed by atoms with Gasteiger partial charge in [-0.05, 0) is 43.2 Å². The van der Waals surface area contributed by atoms with E-state index in [4.69, 9.17) is 0 Å². The molecule has 2 aliphatic carbocycles. The lowest BCUT2D eigenvalue weighted by Gasteiger charge is -2.40. The minimum Gasteiger partial charge on any atom is -0.394 e. The van der Waals surface area contributed by atoms with Gasteiger partial charge in [-0.3, -0.25) is 9.59 Å². The van der Waals surface area contributed by atoms with Crippen LogP contribution in [0.3, 0.4) is 0 Å².